The maximum Gasteiger partial charge on any atom is 0.258 e. The average Bonchev–Trinajstić information content (AvgIpc) is 3.43. The molecule has 2 N–H and O–H groups in total. The zero-order valence-corrected chi connectivity index (χ0v) is 17.4. The Morgan fingerprint density at radius 2 is 2.13 bits per heavy atom. The van der Waals surface area contributed by atoms with Crippen molar-refractivity contribution in [2.24, 2.45) is 0 Å². The van der Waals surface area contributed by atoms with Crippen molar-refractivity contribution < 1.29 is 9.64 Å². The molecule has 0 saturated carbocycles. The van der Waals surface area contributed by atoms with Gasteiger partial charge < -0.3 is 14.6 Å². The molecule has 0 radical (unpaired) electrons. The number of fused-ring (bicyclic) bond motifs is 1. The first-order valence-corrected chi connectivity index (χ1v) is 11.1. The van der Waals surface area contributed by atoms with Crippen LogP contribution in [0, 0.1) is 6.92 Å². The summed E-state index contributed by atoms with van der Waals surface area (Å²) in [5, 5.41) is 13.7. The molecule has 3 aromatic rings. The van der Waals surface area contributed by atoms with Gasteiger partial charge in [0.15, 0.2) is 6.04 Å². The Hall–Kier alpha value is -2.58. The summed E-state index contributed by atoms with van der Waals surface area (Å²) < 4.78 is 7.68. The van der Waals surface area contributed by atoms with Crippen LogP contribution in [0.2, 0.25) is 0 Å². The standard InChI is InChI=1S/C22H28N6O2/c1-15-7-5-8-16-13-18(22(29)23-19(15)16)20(27-10-3-2-4-11-27)21-24-25-26-28(21)14-17-9-6-12-30-17/h5,7-8,13,17,20H,2-4,6,9-12,14H2,1H3,(H,23,29)/p+1/t17-,20+/m0/s1. The molecule has 0 unspecified atom stereocenters. The number of rotatable bonds is 5. The molecule has 0 amide bonds. The van der Waals surface area contributed by atoms with Crippen LogP contribution in [0.1, 0.15) is 55.1 Å². The van der Waals surface area contributed by atoms with Crippen molar-refractivity contribution in [3.8, 4) is 0 Å². The number of H-pyrrole nitrogens is 1. The van der Waals surface area contributed by atoms with Gasteiger partial charge in [0.05, 0.1) is 36.8 Å². The fourth-order valence-corrected chi connectivity index (χ4v) is 4.98. The molecule has 1 aromatic carbocycles. The van der Waals surface area contributed by atoms with Gasteiger partial charge in [-0.2, -0.15) is 0 Å². The molecule has 2 aromatic heterocycles. The lowest BCUT2D eigenvalue weighted by Crippen LogP contribution is -3.13. The van der Waals surface area contributed by atoms with Gasteiger partial charge in [0, 0.05) is 6.61 Å². The van der Waals surface area contributed by atoms with Crippen LogP contribution >= 0.6 is 0 Å². The van der Waals surface area contributed by atoms with Gasteiger partial charge in [-0.1, -0.05) is 18.2 Å². The van der Waals surface area contributed by atoms with Crippen molar-refractivity contribution >= 4 is 10.9 Å². The van der Waals surface area contributed by atoms with Gasteiger partial charge in [-0.05, 0) is 66.5 Å². The maximum atomic E-state index is 13.2. The van der Waals surface area contributed by atoms with Gasteiger partial charge in [0.1, 0.15) is 0 Å². The van der Waals surface area contributed by atoms with E-state index in [0.29, 0.717) is 6.54 Å². The number of hydrogen-bond donors (Lipinski definition) is 2. The number of nitrogens with one attached hydrogen (secondary N) is 2. The molecule has 0 aliphatic carbocycles. The van der Waals surface area contributed by atoms with E-state index < -0.39 is 0 Å². The van der Waals surface area contributed by atoms with E-state index in [1.54, 1.807) is 0 Å². The van der Waals surface area contributed by atoms with Crippen molar-refractivity contribution in [1.82, 2.24) is 25.2 Å². The second kappa shape index (κ2) is 8.28. The highest BCUT2D eigenvalue weighted by Gasteiger charge is 2.35. The summed E-state index contributed by atoms with van der Waals surface area (Å²) in [5.41, 5.74) is 2.67. The predicted octanol–water partition coefficient (Wildman–Crippen LogP) is 1.16. The van der Waals surface area contributed by atoms with E-state index in [1.807, 2.05) is 29.8 Å². The van der Waals surface area contributed by atoms with Gasteiger partial charge in [0.2, 0.25) is 5.82 Å². The Morgan fingerprint density at radius 3 is 2.93 bits per heavy atom. The summed E-state index contributed by atoms with van der Waals surface area (Å²) in [6.45, 7) is 5.49. The highest BCUT2D eigenvalue weighted by molar-refractivity contribution is 5.82. The van der Waals surface area contributed by atoms with Crippen LogP contribution in [0.15, 0.2) is 29.1 Å². The van der Waals surface area contributed by atoms with Crippen LogP contribution in [0.4, 0.5) is 0 Å². The summed E-state index contributed by atoms with van der Waals surface area (Å²) in [7, 11) is 0. The number of aromatic amines is 1. The molecular weight excluding hydrogens is 380 g/mol. The smallest absolute Gasteiger partial charge is 0.258 e. The molecule has 2 saturated heterocycles. The van der Waals surface area contributed by atoms with E-state index in [1.165, 1.54) is 11.3 Å². The number of para-hydroxylation sites is 1. The summed E-state index contributed by atoms with van der Waals surface area (Å²) in [5.74, 6) is 0.764. The number of aryl methyl sites for hydroxylation is 1. The zero-order valence-electron chi connectivity index (χ0n) is 17.4. The number of nitrogens with zero attached hydrogens (tertiary/aromatic N) is 4. The Balaban J connectivity index is 1.60. The number of tetrazole rings is 1. The summed E-state index contributed by atoms with van der Waals surface area (Å²) >= 11 is 0. The molecule has 8 nitrogen and oxygen atoms in total. The van der Waals surface area contributed by atoms with Crippen molar-refractivity contribution in [2.45, 2.75) is 57.7 Å². The molecule has 0 spiro atoms. The molecule has 5 rings (SSSR count). The average molecular weight is 410 g/mol. The van der Waals surface area contributed by atoms with Crippen LogP contribution in [0.3, 0.4) is 0 Å². The molecule has 2 aliphatic rings. The number of piperidine rings is 1. The van der Waals surface area contributed by atoms with E-state index in [-0.39, 0.29) is 17.7 Å². The quantitative estimate of drug-likeness (QED) is 0.660. The summed E-state index contributed by atoms with van der Waals surface area (Å²) in [4.78, 5) is 17.7. The topological polar surface area (TPSA) is 90.1 Å². The second-order valence-electron chi connectivity index (χ2n) is 8.60. The maximum absolute atomic E-state index is 13.2. The fourth-order valence-electron chi connectivity index (χ4n) is 4.98. The van der Waals surface area contributed by atoms with Crippen LogP contribution < -0.4 is 10.5 Å². The monoisotopic (exact) mass is 409 g/mol. The van der Waals surface area contributed by atoms with E-state index in [0.717, 1.165) is 73.2 Å². The molecule has 158 valence electrons. The van der Waals surface area contributed by atoms with E-state index >= 15 is 0 Å². The number of aromatic nitrogens is 5. The molecule has 8 heteroatoms. The minimum Gasteiger partial charge on any atom is -0.376 e. The third-order valence-electron chi connectivity index (χ3n) is 6.55. The lowest BCUT2D eigenvalue weighted by atomic mass is 9.99. The van der Waals surface area contributed by atoms with E-state index in [2.05, 4.69) is 26.6 Å². The second-order valence-corrected chi connectivity index (χ2v) is 8.60. The minimum atomic E-state index is -0.185. The molecule has 2 fully saturated rings. The summed E-state index contributed by atoms with van der Waals surface area (Å²) in [6.07, 6.45) is 5.79. The van der Waals surface area contributed by atoms with Crippen molar-refractivity contribution in [2.75, 3.05) is 19.7 Å². The fraction of sp³-hybridized carbons (Fsp3) is 0.545. The number of hydrogen-bond acceptors (Lipinski definition) is 5. The van der Waals surface area contributed by atoms with Crippen molar-refractivity contribution in [3.05, 3.63) is 51.6 Å². The Kier molecular flexibility index (Phi) is 5.35. The van der Waals surface area contributed by atoms with Gasteiger partial charge in [-0.3, -0.25) is 4.79 Å². The lowest BCUT2D eigenvalue weighted by Gasteiger charge is -2.30. The number of pyridine rings is 1. The van der Waals surface area contributed by atoms with Gasteiger partial charge in [-0.15, -0.1) is 5.10 Å². The Bertz CT molecular complexity index is 1080. The molecule has 30 heavy (non-hydrogen) atoms. The Labute approximate surface area is 175 Å². The lowest BCUT2D eigenvalue weighted by molar-refractivity contribution is -0.931. The molecule has 2 aliphatic heterocycles. The highest BCUT2D eigenvalue weighted by atomic mass is 16.5. The highest BCUT2D eigenvalue weighted by Crippen LogP contribution is 2.22. The first-order chi connectivity index (χ1) is 14.7. The van der Waals surface area contributed by atoms with Gasteiger partial charge >= 0.3 is 0 Å². The van der Waals surface area contributed by atoms with Crippen molar-refractivity contribution in [3.63, 3.8) is 0 Å². The molecule has 4 heterocycles. The van der Waals surface area contributed by atoms with E-state index in [4.69, 9.17) is 4.74 Å². The van der Waals surface area contributed by atoms with Crippen LogP contribution in [0.25, 0.3) is 10.9 Å². The number of ether oxygens (including phenoxy) is 1. The normalized spacial score (nSPS) is 21.3. The molecular formula is C22H29N6O2+. The number of likely N-dealkylation sites (tertiary alicyclic amines) is 1. The van der Waals surface area contributed by atoms with Crippen LogP contribution in [0.5, 0.6) is 0 Å². The largest absolute Gasteiger partial charge is 0.376 e. The first kappa shape index (κ1) is 19.4. The predicted molar refractivity (Wildman–Crippen MR) is 112 cm³/mol. The third-order valence-corrected chi connectivity index (χ3v) is 6.55. The summed E-state index contributed by atoms with van der Waals surface area (Å²) in [6, 6.07) is 7.96. The zero-order chi connectivity index (χ0) is 20.5. The SMILES string of the molecule is Cc1cccc2cc([C@H](c3nnnn3C[C@@H]3CCCO3)[NH+]3CCCCC3)c(=O)[nH]c12. The number of benzene rings is 1. The minimum absolute atomic E-state index is 0.0495. The molecule has 2 atom stereocenters. The number of quaternary nitrogens is 1. The van der Waals surface area contributed by atoms with Gasteiger partial charge in [0.25, 0.3) is 5.56 Å². The van der Waals surface area contributed by atoms with E-state index in [9.17, 15) is 4.79 Å². The third kappa shape index (κ3) is 3.65. The Morgan fingerprint density at radius 1 is 1.27 bits per heavy atom. The van der Waals surface area contributed by atoms with Crippen LogP contribution in [-0.2, 0) is 11.3 Å². The molecule has 0 bridgehead atoms. The van der Waals surface area contributed by atoms with Gasteiger partial charge in [-0.25, -0.2) is 4.68 Å². The first-order valence-electron chi connectivity index (χ1n) is 11.1. The van der Waals surface area contributed by atoms with Crippen molar-refractivity contribution in [1.29, 1.82) is 0 Å². The van der Waals surface area contributed by atoms with Crippen LogP contribution in [-0.4, -0.2) is 51.0 Å².